The van der Waals surface area contributed by atoms with Gasteiger partial charge in [0.05, 0.1) is 39.1 Å². The van der Waals surface area contributed by atoms with Gasteiger partial charge in [0.2, 0.25) is 0 Å². The molecular formula is C92H85BCl2N4. The fourth-order valence-corrected chi connectivity index (χ4v) is 16.1. The van der Waals surface area contributed by atoms with Crippen LogP contribution in [0.1, 0.15) is 132 Å². The molecule has 2 aliphatic rings. The van der Waals surface area contributed by atoms with Crippen molar-refractivity contribution >= 4 is 124 Å². The van der Waals surface area contributed by atoms with Crippen molar-refractivity contribution < 1.29 is 0 Å². The zero-order chi connectivity index (χ0) is 69.1. The first-order chi connectivity index (χ1) is 47.1. The van der Waals surface area contributed by atoms with Crippen LogP contribution in [0.15, 0.2) is 243 Å². The lowest BCUT2D eigenvalue weighted by Crippen LogP contribution is -2.61. The first kappa shape index (κ1) is 64.2. The third-order valence-corrected chi connectivity index (χ3v) is 21.6. The molecule has 0 saturated carbocycles. The number of para-hydroxylation sites is 3. The monoisotopic (exact) mass is 1330 g/mol. The smallest absolute Gasteiger partial charge is 0.252 e. The number of rotatable bonds is 7. The Morgan fingerprint density at radius 2 is 0.697 bits per heavy atom. The van der Waals surface area contributed by atoms with Gasteiger partial charge < -0.3 is 18.9 Å². The van der Waals surface area contributed by atoms with Crippen molar-refractivity contribution in [2.75, 3.05) is 9.80 Å². The Kier molecular flexibility index (Phi) is 14.9. The molecule has 0 fully saturated rings. The van der Waals surface area contributed by atoms with Crippen LogP contribution in [0.25, 0.3) is 88.4 Å². The molecule has 0 saturated heterocycles. The molecule has 0 aliphatic carbocycles. The van der Waals surface area contributed by atoms with Crippen molar-refractivity contribution in [1.29, 1.82) is 0 Å². The van der Waals surface area contributed by atoms with E-state index in [9.17, 15) is 0 Å². The van der Waals surface area contributed by atoms with Gasteiger partial charge in [0.25, 0.3) is 6.71 Å². The standard InChI is InChI=1S/C92H85BCl2N4/c1-88(2,3)60-37-43-76-72(50-60)73-51-61(89(4,5)6)38-44-77(73)97(76)78-35-25-33-68-69-34-26-36-79(87(69)96(86(68)78)67-31-23-18-24-32-67)98-80-54-65(94)39-41-74(80)93-75-42-40-66(95)55-81(75)99(83-48-59(47-82(98)84(83)93)58-45-62(90(7,8)9)49-63(46-58)91(10,11)12)85-70(56-27-19-16-20-28-56)52-64(92(13,14)15)53-71(85)57-29-21-17-22-30-57/h16-55H,1-15H3. The van der Waals surface area contributed by atoms with Crippen LogP contribution in [-0.2, 0) is 27.1 Å². The van der Waals surface area contributed by atoms with Crippen LogP contribution in [0.3, 0.4) is 0 Å². The molecule has 0 N–H and O–H groups in total. The van der Waals surface area contributed by atoms with Gasteiger partial charge in [0.15, 0.2) is 0 Å². The lowest BCUT2D eigenvalue weighted by atomic mass is 9.33. The molecule has 490 valence electrons. The van der Waals surface area contributed by atoms with E-state index in [-0.39, 0.29) is 33.8 Å². The molecule has 14 aromatic rings. The van der Waals surface area contributed by atoms with Crippen LogP contribution in [0.5, 0.6) is 0 Å². The van der Waals surface area contributed by atoms with Crippen LogP contribution in [0, 0.1) is 0 Å². The van der Waals surface area contributed by atoms with E-state index in [2.05, 4.69) is 365 Å². The Morgan fingerprint density at radius 3 is 1.17 bits per heavy atom. The summed E-state index contributed by atoms with van der Waals surface area (Å²) in [5.74, 6) is 0. The number of benzene rings is 12. The summed E-state index contributed by atoms with van der Waals surface area (Å²) < 4.78 is 5.11. The van der Waals surface area contributed by atoms with E-state index in [0.717, 1.165) is 112 Å². The lowest BCUT2D eigenvalue weighted by molar-refractivity contribution is 0.569. The van der Waals surface area contributed by atoms with Gasteiger partial charge in [0, 0.05) is 71.2 Å². The molecule has 0 atom stereocenters. The molecule has 0 amide bonds. The molecule has 4 nitrogen and oxygen atoms in total. The third-order valence-electron chi connectivity index (χ3n) is 21.1. The molecule has 0 radical (unpaired) electrons. The zero-order valence-electron chi connectivity index (χ0n) is 59.7. The minimum absolute atomic E-state index is 0.0500. The van der Waals surface area contributed by atoms with Crippen molar-refractivity contribution in [3.8, 4) is 44.8 Å². The highest BCUT2D eigenvalue weighted by molar-refractivity contribution is 7.00. The van der Waals surface area contributed by atoms with Crippen LogP contribution < -0.4 is 26.2 Å². The Morgan fingerprint density at radius 1 is 0.283 bits per heavy atom. The largest absolute Gasteiger partial charge is 0.310 e. The summed E-state index contributed by atoms with van der Waals surface area (Å²) in [6.07, 6.45) is 0. The maximum Gasteiger partial charge on any atom is 0.252 e. The number of hydrogen-bond donors (Lipinski definition) is 0. The first-order valence-corrected chi connectivity index (χ1v) is 35.9. The number of hydrogen-bond acceptors (Lipinski definition) is 2. The quantitative estimate of drug-likeness (QED) is 0.148. The highest BCUT2D eigenvalue weighted by Crippen LogP contribution is 2.55. The fourth-order valence-electron chi connectivity index (χ4n) is 15.7. The van der Waals surface area contributed by atoms with Gasteiger partial charge in [-0.25, -0.2) is 0 Å². The van der Waals surface area contributed by atoms with Crippen LogP contribution in [0.2, 0.25) is 10.0 Å². The van der Waals surface area contributed by atoms with E-state index in [1.54, 1.807) is 0 Å². The van der Waals surface area contributed by atoms with Gasteiger partial charge in [-0.1, -0.05) is 273 Å². The SMILES string of the molecule is CC(C)(C)c1cc(-c2cc3c4c(c2)N(c2cccc5c6cccc(-n7c8ccc(C(C)(C)C)cc8c8cc(C(C)(C)C)ccc87)c6n(-c6ccccc6)c25)c2cc(Cl)ccc2B4c2ccc(Cl)cc2N3c2c(-c3ccccc3)cc(C(C)(C)C)cc2-c2ccccc2)cc(C(C)(C)C)c1. The van der Waals surface area contributed by atoms with E-state index in [0.29, 0.717) is 10.0 Å². The molecule has 16 rings (SSSR count). The van der Waals surface area contributed by atoms with Crippen molar-refractivity contribution in [1.82, 2.24) is 9.13 Å². The van der Waals surface area contributed by atoms with E-state index < -0.39 is 0 Å². The van der Waals surface area contributed by atoms with Crippen LogP contribution >= 0.6 is 23.2 Å². The van der Waals surface area contributed by atoms with E-state index in [1.165, 1.54) is 55.1 Å². The molecule has 2 aliphatic heterocycles. The summed E-state index contributed by atoms with van der Waals surface area (Å²) in [5, 5.41) is 6.13. The molecule has 4 heterocycles. The molecule has 99 heavy (non-hydrogen) atoms. The van der Waals surface area contributed by atoms with Crippen molar-refractivity contribution in [3.63, 3.8) is 0 Å². The molecular weight excluding hydrogens is 1240 g/mol. The van der Waals surface area contributed by atoms with Gasteiger partial charge in [-0.3, -0.25) is 0 Å². The Balaban J connectivity index is 1.07. The van der Waals surface area contributed by atoms with Crippen molar-refractivity contribution in [3.05, 3.63) is 281 Å². The van der Waals surface area contributed by atoms with Crippen molar-refractivity contribution in [2.24, 2.45) is 0 Å². The maximum atomic E-state index is 7.55. The third kappa shape index (κ3) is 10.7. The molecule has 0 unspecified atom stereocenters. The Hall–Kier alpha value is -9.52. The van der Waals surface area contributed by atoms with Crippen molar-refractivity contribution in [2.45, 2.75) is 131 Å². The van der Waals surface area contributed by atoms with Gasteiger partial charge >= 0.3 is 0 Å². The molecule has 7 heteroatoms. The predicted octanol–water partition coefficient (Wildman–Crippen LogP) is 24.8. The van der Waals surface area contributed by atoms with E-state index in [4.69, 9.17) is 23.2 Å². The lowest BCUT2D eigenvalue weighted by Gasteiger charge is -2.45. The minimum atomic E-state index is -0.241. The summed E-state index contributed by atoms with van der Waals surface area (Å²) in [4.78, 5) is 5.18. The normalized spacial score (nSPS) is 13.4. The summed E-state index contributed by atoms with van der Waals surface area (Å²) >= 11 is 15.1. The maximum absolute atomic E-state index is 7.55. The van der Waals surface area contributed by atoms with E-state index >= 15 is 0 Å². The Bertz CT molecular complexity index is 5440. The van der Waals surface area contributed by atoms with Crippen LogP contribution in [0.4, 0.5) is 34.1 Å². The summed E-state index contributed by atoms with van der Waals surface area (Å²) in [7, 11) is 0. The van der Waals surface area contributed by atoms with E-state index in [1.807, 2.05) is 0 Å². The minimum Gasteiger partial charge on any atom is -0.310 e. The number of halogens is 2. The summed E-state index contributed by atoms with van der Waals surface area (Å²) in [6.45, 7) is 34.7. The second-order valence-electron chi connectivity index (χ2n) is 33.0. The fraction of sp³-hybridized carbons (Fsp3) is 0.217. The first-order valence-electron chi connectivity index (χ1n) is 35.1. The number of anilines is 6. The molecule has 12 aromatic carbocycles. The van der Waals surface area contributed by atoms with Crippen LogP contribution in [-0.4, -0.2) is 15.8 Å². The molecule has 2 aromatic heterocycles. The number of fused-ring (bicyclic) bond motifs is 10. The highest BCUT2D eigenvalue weighted by Gasteiger charge is 2.46. The summed E-state index contributed by atoms with van der Waals surface area (Å²) in [5.41, 5.74) is 29.2. The van der Waals surface area contributed by atoms with Gasteiger partial charge in [-0.2, -0.15) is 0 Å². The number of nitrogens with zero attached hydrogens (tertiary/aromatic N) is 4. The van der Waals surface area contributed by atoms with Gasteiger partial charge in [-0.05, 0) is 191 Å². The van der Waals surface area contributed by atoms with Gasteiger partial charge in [-0.15, -0.1) is 0 Å². The molecule has 0 bridgehead atoms. The Labute approximate surface area is 595 Å². The second-order valence-corrected chi connectivity index (χ2v) is 33.8. The average Bonchev–Trinajstić information content (AvgIpc) is 1.55. The summed E-state index contributed by atoms with van der Waals surface area (Å²) in [6, 6.07) is 91.8. The highest BCUT2D eigenvalue weighted by atomic mass is 35.5. The zero-order valence-corrected chi connectivity index (χ0v) is 61.2. The second kappa shape index (κ2) is 23.0. The predicted molar refractivity (Wildman–Crippen MR) is 429 cm³/mol. The van der Waals surface area contributed by atoms with Gasteiger partial charge in [0.1, 0.15) is 0 Å². The number of aromatic nitrogens is 2. The topological polar surface area (TPSA) is 16.3 Å². The molecule has 0 spiro atoms. The average molecular weight is 1330 g/mol.